The number of amides is 1. The van der Waals surface area contributed by atoms with Crippen LogP contribution in [0.2, 0.25) is 5.02 Å². The van der Waals surface area contributed by atoms with Crippen molar-refractivity contribution in [2.75, 3.05) is 25.0 Å². The number of nitrogens with zero attached hydrogens (tertiary/aromatic N) is 4. The molecule has 6 nitrogen and oxygen atoms in total. The van der Waals surface area contributed by atoms with Crippen LogP contribution < -0.4 is 5.32 Å². The van der Waals surface area contributed by atoms with E-state index in [2.05, 4.69) is 41.0 Å². The second-order valence-corrected chi connectivity index (χ2v) is 9.74. The third-order valence-electron chi connectivity index (χ3n) is 5.87. The highest BCUT2D eigenvalue weighted by Gasteiger charge is 2.25. The first-order valence-corrected chi connectivity index (χ1v) is 12.2. The van der Waals surface area contributed by atoms with Gasteiger partial charge in [0.25, 0.3) is 0 Å². The van der Waals surface area contributed by atoms with Crippen LogP contribution in [0, 0.1) is 5.82 Å². The molecule has 1 aliphatic rings. The van der Waals surface area contributed by atoms with Crippen LogP contribution in [0.25, 0.3) is 10.2 Å². The Bertz CT molecular complexity index is 1200. The maximum atomic E-state index is 13.5. The average Bonchev–Trinajstić information content (AvgIpc) is 3.17. The Balaban J connectivity index is 1.52. The van der Waals surface area contributed by atoms with Crippen LogP contribution in [-0.4, -0.2) is 51.4 Å². The van der Waals surface area contributed by atoms with Crippen molar-refractivity contribution < 1.29 is 9.18 Å². The largest absolute Gasteiger partial charge is 0.340 e. The number of nitrogens with one attached hydrogen (secondary N) is 1. The molecule has 3 aromatic rings. The van der Waals surface area contributed by atoms with Crippen LogP contribution in [0.1, 0.15) is 31.2 Å². The van der Waals surface area contributed by atoms with Crippen molar-refractivity contribution in [1.82, 2.24) is 19.8 Å². The lowest BCUT2D eigenvalue weighted by molar-refractivity contribution is -0.126. The molecule has 1 amide bonds. The van der Waals surface area contributed by atoms with E-state index in [1.807, 2.05) is 11.0 Å². The number of thiophene rings is 1. The normalized spacial score (nSPS) is 14.0. The van der Waals surface area contributed by atoms with Gasteiger partial charge in [-0.2, -0.15) is 0 Å². The summed E-state index contributed by atoms with van der Waals surface area (Å²) in [4.78, 5) is 27.8. The monoisotopic (exact) mass is 487 g/mol. The average molecular weight is 488 g/mol. The fourth-order valence-corrected chi connectivity index (χ4v) is 5.40. The fourth-order valence-electron chi connectivity index (χ4n) is 4.02. The summed E-state index contributed by atoms with van der Waals surface area (Å²) in [6.07, 6.45) is 5.88. The number of carbonyl (C=O) groups excluding carboxylic acids is 1. The highest BCUT2D eigenvalue weighted by Crippen LogP contribution is 2.38. The second kappa shape index (κ2) is 10.2. The minimum atomic E-state index is -0.464. The minimum Gasteiger partial charge on any atom is -0.340 e. The van der Waals surface area contributed by atoms with Crippen molar-refractivity contribution in [1.29, 1.82) is 0 Å². The molecule has 0 bridgehead atoms. The fraction of sp³-hybridized carbons (Fsp3) is 0.375. The number of anilines is 2. The van der Waals surface area contributed by atoms with Crippen LogP contribution in [0.4, 0.5) is 15.9 Å². The van der Waals surface area contributed by atoms with Crippen LogP contribution in [-0.2, 0) is 17.8 Å². The lowest BCUT2D eigenvalue weighted by atomic mass is 10.0. The molecule has 33 heavy (non-hydrogen) atoms. The van der Waals surface area contributed by atoms with Crippen LogP contribution in [0.5, 0.6) is 0 Å². The lowest BCUT2D eigenvalue weighted by Crippen LogP contribution is -2.34. The summed E-state index contributed by atoms with van der Waals surface area (Å²) in [5.41, 5.74) is 1.82. The summed E-state index contributed by atoms with van der Waals surface area (Å²) in [6, 6.07) is 4.93. The molecule has 0 radical (unpaired) electrons. The van der Waals surface area contributed by atoms with Gasteiger partial charge in [0.1, 0.15) is 22.8 Å². The molecule has 0 fully saturated rings. The number of carbonyl (C=O) groups is 1. The third kappa shape index (κ3) is 5.18. The van der Waals surface area contributed by atoms with E-state index >= 15 is 0 Å². The van der Waals surface area contributed by atoms with Gasteiger partial charge in [-0.05, 0) is 50.6 Å². The van der Waals surface area contributed by atoms with E-state index in [1.54, 1.807) is 23.5 Å². The van der Waals surface area contributed by atoms with E-state index < -0.39 is 5.82 Å². The maximum Gasteiger partial charge on any atom is 0.246 e. The van der Waals surface area contributed by atoms with Gasteiger partial charge in [0.05, 0.1) is 17.0 Å². The van der Waals surface area contributed by atoms with E-state index in [1.165, 1.54) is 18.5 Å². The zero-order valence-corrected chi connectivity index (χ0v) is 20.5. The number of hydrogen-bond acceptors (Lipinski definition) is 6. The summed E-state index contributed by atoms with van der Waals surface area (Å²) in [5, 5.41) is 4.25. The van der Waals surface area contributed by atoms with Crippen molar-refractivity contribution in [3.05, 3.63) is 58.0 Å². The second-order valence-electron chi connectivity index (χ2n) is 8.25. The van der Waals surface area contributed by atoms with Gasteiger partial charge in [-0.1, -0.05) is 24.6 Å². The molecule has 0 saturated heterocycles. The Kier molecular flexibility index (Phi) is 7.26. The molecule has 9 heteroatoms. The van der Waals surface area contributed by atoms with E-state index in [4.69, 9.17) is 11.6 Å². The molecule has 1 aliphatic heterocycles. The molecule has 0 spiro atoms. The summed E-state index contributed by atoms with van der Waals surface area (Å²) in [6.45, 7) is 9.35. The molecule has 174 valence electrons. The lowest BCUT2D eigenvalue weighted by Gasteiger charge is -2.26. The Morgan fingerprint density at radius 1 is 1.39 bits per heavy atom. The van der Waals surface area contributed by atoms with Crippen molar-refractivity contribution in [3.8, 4) is 0 Å². The predicted octanol–water partition coefficient (Wildman–Crippen LogP) is 5.40. The summed E-state index contributed by atoms with van der Waals surface area (Å²) >= 11 is 7.51. The van der Waals surface area contributed by atoms with Crippen molar-refractivity contribution >= 4 is 50.6 Å². The van der Waals surface area contributed by atoms with Crippen molar-refractivity contribution in [3.63, 3.8) is 0 Å². The molecule has 0 saturated carbocycles. The van der Waals surface area contributed by atoms with Crippen molar-refractivity contribution in [2.24, 2.45) is 0 Å². The molecule has 0 unspecified atom stereocenters. The van der Waals surface area contributed by atoms with Gasteiger partial charge in [0.15, 0.2) is 0 Å². The Morgan fingerprint density at radius 3 is 2.94 bits per heavy atom. The van der Waals surface area contributed by atoms with Gasteiger partial charge in [-0.25, -0.2) is 14.4 Å². The highest BCUT2D eigenvalue weighted by atomic mass is 35.5. The standard InChI is InChI=1S/C24H27ClFN5OS/c1-4-30(15(2)3)10-5-6-21(32)31-11-9-17-20(13-31)33-24-22(17)23(27-14-28-24)29-16-7-8-19(26)18(25)12-16/h5-8,12,14-15H,4,9-11,13H2,1-3H3,(H,27,28,29)/b6-5+. The molecule has 0 atom stereocenters. The summed E-state index contributed by atoms with van der Waals surface area (Å²) in [7, 11) is 0. The number of hydrogen-bond donors (Lipinski definition) is 1. The first-order chi connectivity index (χ1) is 15.9. The number of likely N-dealkylation sites (N-methyl/N-ethyl adjacent to an activating group) is 1. The van der Waals surface area contributed by atoms with E-state index in [0.29, 0.717) is 30.6 Å². The quantitative estimate of drug-likeness (QED) is 0.452. The molecule has 4 rings (SSSR count). The molecular weight excluding hydrogens is 461 g/mol. The molecule has 2 aromatic heterocycles. The van der Waals surface area contributed by atoms with Gasteiger partial charge < -0.3 is 10.2 Å². The van der Waals surface area contributed by atoms with Gasteiger partial charge in [-0.3, -0.25) is 9.69 Å². The molecular formula is C24H27ClFN5OS. The van der Waals surface area contributed by atoms with E-state index in [0.717, 1.165) is 40.2 Å². The molecule has 1 aromatic carbocycles. The third-order valence-corrected chi connectivity index (χ3v) is 7.28. The van der Waals surface area contributed by atoms with E-state index in [-0.39, 0.29) is 10.9 Å². The Hall–Kier alpha value is -2.55. The van der Waals surface area contributed by atoms with E-state index in [9.17, 15) is 9.18 Å². The maximum absolute atomic E-state index is 13.5. The Morgan fingerprint density at radius 2 is 2.21 bits per heavy atom. The minimum absolute atomic E-state index is 0.0308. The summed E-state index contributed by atoms with van der Waals surface area (Å²) < 4.78 is 13.5. The van der Waals surface area contributed by atoms with Crippen LogP contribution >= 0.6 is 22.9 Å². The SMILES string of the molecule is CCN(C/C=C/C(=O)N1CCc2c(sc3ncnc(Nc4ccc(F)c(Cl)c4)c23)C1)C(C)C. The number of fused-ring (bicyclic) bond motifs is 3. The predicted molar refractivity (Wildman–Crippen MR) is 133 cm³/mol. The van der Waals surface area contributed by atoms with Crippen LogP contribution in [0.15, 0.2) is 36.7 Å². The van der Waals surface area contributed by atoms with Gasteiger partial charge >= 0.3 is 0 Å². The van der Waals surface area contributed by atoms with Crippen LogP contribution in [0.3, 0.4) is 0 Å². The zero-order chi connectivity index (χ0) is 23.5. The number of aromatic nitrogens is 2. The first-order valence-electron chi connectivity index (χ1n) is 11.0. The highest BCUT2D eigenvalue weighted by molar-refractivity contribution is 7.19. The number of benzene rings is 1. The number of rotatable bonds is 7. The summed E-state index contributed by atoms with van der Waals surface area (Å²) in [5.74, 6) is 0.227. The molecule has 1 N–H and O–H groups in total. The van der Waals surface area contributed by atoms with Gasteiger partial charge in [0, 0.05) is 35.8 Å². The topological polar surface area (TPSA) is 61.4 Å². The number of halogens is 2. The Labute approximate surface area is 202 Å². The van der Waals surface area contributed by atoms with Gasteiger partial charge in [-0.15, -0.1) is 11.3 Å². The van der Waals surface area contributed by atoms with Crippen molar-refractivity contribution in [2.45, 2.75) is 39.8 Å². The van der Waals surface area contributed by atoms with Gasteiger partial charge in [0.2, 0.25) is 5.91 Å². The smallest absolute Gasteiger partial charge is 0.246 e. The first kappa shape index (κ1) is 23.6. The zero-order valence-electron chi connectivity index (χ0n) is 18.9. The molecule has 3 heterocycles. The molecule has 0 aliphatic carbocycles.